The second kappa shape index (κ2) is 7.73. The molecule has 0 bridgehead atoms. The van der Waals surface area contributed by atoms with Crippen molar-refractivity contribution < 1.29 is 4.79 Å². The van der Waals surface area contributed by atoms with E-state index in [1.54, 1.807) is 6.20 Å². The first kappa shape index (κ1) is 18.0. The Bertz CT molecular complexity index is 993. The standard InChI is InChI=1S/C22H24N6O/c29-22-17(10-14-4-2-1-3-5-14)11-18-21(27-22)23-12-19(26-18)15-6-8-16(9-7-15)20-24-13-25-28-20/h6-9,12-14,17H,1-5,10-11H2,(H,23,27,29)(H,24,25,28). The van der Waals surface area contributed by atoms with Crippen molar-refractivity contribution in [3.05, 3.63) is 42.5 Å². The number of fused-ring (bicyclic) bond motifs is 1. The van der Waals surface area contributed by atoms with E-state index >= 15 is 0 Å². The highest BCUT2D eigenvalue weighted by molar-refractivity contribution is 5.94. The molecule has 3 heterocycles. The van der Waals surface area contributed by atoms with Crippen LogP contribution in [0.15, 0.2) is 36.8 Å². The summed E-state index contributed by atoms with van der Waals surface area (Å²) in [6, 6.07) is 8.00. The summed E-state index contributed by atoms with van der Waals surface area (Å²) in [6.07, 6.45) is 11.3. The highest BCUT2D eigenvalue weighted by atomic mass is 16.2. The molecular weight excluding hydrogens is 364 g/mol. The third-order valence-electron chi connectivity index (χ3n) is 6.11. The zero-order valence-corrected chi connectivity index (χ0v) is 16.3. The Morgan fingerprint density at radius 2 is 1.79 bits per heavy atom. The number of hydrogen-bond donors (Lipinski definition) is 2. The fourth-order valence-electron chi connectivity index (χ4n) is 4.52. The molecule has 1 atom stereocenters. The summed E-state index contributed by atoms with van der Waals surface area (Å²) in [6.45, 7) is 0. The summed E-state index contributed by atoms with van der Waals surface area (Å²) >= 11 is 0. The molecule has 2 N–H and O–H groups in total. The number of nitrogens with zero attached hydrogens (tertiary/aromatic N) is 4. The molecule has 1 aliphatic carbocycles. The van der Waals surface area contributed by atoms with Crippen molar-refractivity contribution in [2.75, 3.05) is 5.32 Å². The molecule has 1 aliphatic heterocycles. The summed E-state index contributed by atoms with van der Waals surface area (Å²) in [5, 5.41) is 9.73. The molecule has 3 aromatic rings. The Balaban J connectivity index is 1.35. The Hall–Kier alpha value is -3.09. The van der Waals surface area contributed by atoms with Crippen LogP contribution < -0.4 is 5.32 Å². The van der Waals surface area contributed by atoms with Crippen molar-refractivity contribution in [3.63, 3.8) is 0 Å². The lowest BCUT2D eigenvalue weighted by atomic mass is 9.80. The maximum atomic E-state index is 12.5. The molecular formula is C22H24N6O. The van der Waals surface area contributed by atoms with E-state index in [0.29, 0.717) is 18.2 Å². The van der Waals surface area contributed by atoms with Gasteiger partial charge in [-0.05, 0) is 12.3 Å². The fraction of sp³-hybridized carbons (Fsp3) is 0.409. The number of carbonyl (C=O) groups is 1. The number of rotatable bonds is 4. The van der Waals surface area contributed by atoms with E-state index in [-0.39, 0.29) is 11.8 Å². The van der Waals surface area contributed by atoms with Crippen LogP contribution in [0.3, 0.4) is 0 Å². The van der Waals surface area contributed by atoms with Gasteiger partial charge in [0.15, 0.2) is 11.6 Å². The van der Waals surface area contributed by atoms with E-state index in [4.69, 9.17) is 4.98 Å². The number of aromatic amines is 1. The third kappa shape index (κ3) is 3.77. The van der Waals surface area contributed by atoms with Crippen LogP contribution in [0.5, 0.6) is 0 Å². The molecule has 0 radical (unpaired) electrons. The molecule has 1 saturated carbocycles. The molecule has 1 aromatic carbocycles. The largest absolute Gasteiger partial charge is 0.309 e. The minimum absolute atomic E-state index is 0.00368. The number of H-pyrrole nitrogens is 1. The van der Waals surface area contributed by atoms with E-state index in [1.165, 1.54) is 38.4 Å². The summed E-state index contributed by atoms with van der Waals surface area (Å²) in [5.41, 5.74) is 3.67. The Labute approximate surface area is 169 Å². The minimum atomic E-state index is 0.00368. The van der Waals surface area contributed by atoms with E-state index in [0.717, 1.165) is 34.8 Å². The van der Waals surface area contributed by atoms with Gasteiger partial charge in [0.1, 0.15) is 6.33 Å². The molecule has 5 rings (SSSR count). The van der Waals surface area contributed by atoms with E-state index in [1.807, 2.05) is 24.3 Å². The maximum absolute atomic E-state index is 12.5. The van der Waals surface area contributed by atoms with Crippen LogP contribution in [0.4, 0.5) is 5.82 Å². The number of carbonyl (C=O) groups excluding carboxylic acids is 1. The first-order chi connectivity index (χ1) is 14.3. The van der Waals surface area contributed by atoms with Gasteiger partial charge in [0.05, 0.1) is 17.6 Å². The van der Waals surface area contributed by atoms with Gasteiger partial charge in [-0.1, -0.05) is 56.4 Å². The molecule has 2 aliphatic rings. The first-order valence-electron chi connectivity index (χ1n) is 10.4. The number of nitrogens with one attached hydrogen (secondary N) is 2. The lowest BCUT2D eigenvalue weighted by Gasteiger charge is -2.28. The highest BCUT2D eigenvalue weighted by Gasteiger charge is 2.31. The van der Waals surface area contributed by atoms with Crippen LogP contribution in [-0.4, -0.2) is 31.1 Å². The highest BCUT2D eigenvalue weighted by Crippen LogP contribution is 2.34. The average Bonchev–Trinajstić information content (AvgIpc) is 3.30. The molecule has 7 heteroatoms. The SMILES string of the molecule is O=C1Nc2ncc(-c3ccc(-c4ncn[nH]4)cc3)nc2CC1CC1CCCCC1. The van der Waals surface area contributed by atoms with Gasteiger partial charge in [-0.15, -0.1) is 0 Å². The van der Waals surface area contributed by atoms with Gasteiger partial charge in [0, 0.05) is 23.5 Å². The maximum Gasteiger partial charge on any atom is 0.229 e. The molecule has 2 aromatic heterocycles. The minimum Gasteiger partial charge on any atom is -0.309 e. The Kier molecular flexibility index (Phi) is 4.79. The van der Waals surface area contributed by atoms with Gasteiger partial charge in [-0.25, -0.2) is 15.0 Å². The van der Waals surface area contributed by atoms with Crippen molar-refractivity contribution in [1.29, 1.82) is 0 Å². The Morgan fingerprint density at radius 3 is 2.55 bits per heavy atom. The monoisotopic (exact) mass is 388 g/mol. The van der Waals surface area contributed by atoms with Crippen LogP contribution in [0.1, 0.15) is 44.2 Å². The summed E-state index contributed by atoms with van der Waals surface area (Å²) in [7, 11) is 0. The number of amides is 1. The molecule has 1 amide bonds. The second-order valence-electron chi connectivity index (χ2n) is 8.09. The first-order valence-corrected chi connectivity index (χ1v) is 10.4. The van der Waals surface area contributed by atoms with Crippen LogP contribution in [0.25, 0.3) is 22.6 Å². The molecule has 1 unspecified atom stereocenters. The molecule has 7 nitrogen and oxygen atoms in total. The molecule has 1 fully saturated rings. The number of anilines is 1. The number of hydrogen-bond acceptors (Lipinski definition) is 5. The van der Waals surface area contributed by atoms with Crippen LogP contribution in [0.2, 0.25) is 0 Å². The predicted octanol–water partition coefficient (Wildman–Crippen LogP) is 4.01. The van der Waals surface area contributed by atoms with Crippen molar-refractivity contribution in [1.82, 2.24) is 25.1 Å². The van der Waals surface area contributed by atoms with E-state index in [9.17, 15) is 4.79 Å². The lowest BCUT2D eigenvalue weighted by molar-refractivity contribution is -0.120. The Morgan fingerprint density at radius 1 is 1.00 bits per heavy atom. The van der Waals surface area contributed by atoms with Gasteiger partial charge in [-0.3, -0.25) is 9.89 Å². The molecule has 148 valence electrons. The van der Waals surface area contributed by atoms with E-state index in [2.05, 4.69) is 25.5 Å². The van der Waals surface area contributed by atoms with Crippen molar-refractivity contribution in [3.8, 4) is 22.6 Å². The summed E-state index contributed by atoms with van der Waals surface area (Å²) < 4.78 is 0. The van der Waals surface area contributed by atoms with Crippen molar-refractivity contribution in [2.45, 2.75) is 44.9 Å². The summed E-state index contributed by atoms with van der Waals surface area (Å²) in [4.78, 5) is 26.0. The van der Waals surface area contributed by atoms with Crippen LogP contribution >= 0.6 is 0 Å². The predicted molar refractivity (Wildman–Crippen MR) is 110 cm³/mol. The van der Waals surface area contributed by atoms with Gasteiger partial charge in [-0.2, -0.15) is 5.10 Å². The quantitative estimate of drug-likeness (QED) is 0.704. The normalized spacial score (nSPS) is 19.6. The molecule has 29 heavy (non-hydrogen) atoms. The topological polar surface area (TPSA) is 96.5 Å². The smallest absolute Gasteiger partial charge is 0.229 e. The van der Waals surface area contributed by atoms with Gasteiger partial charge < -0.3 is 5.32 Å². The fourth-order valence-corrected chi connectivity index (χ4v) is 4.52. The zero-order valence-electron chi connectivity index (χ0n) is 16.3. The molecule has 0 spiro atoms. The number of aromatic nitrogens is 5. The van der Waals surface area contributed by atoms with Crippen LogP contribution in [0, 0.1) is 11.8 Å². The molecule has 0 saturated heterocycles. The summed E-state index contributed by atoms with van der Waals surface area (Å²) in [5.74, 6) is 2.12. The second-order valence-corrected chi connectivity index (χ2v) is 8.09. The van der Waals surface area contributed by atoms with Crippen molar-refractivity contribution >= 4 is 11.7 Å². The average molecular weight is 388 g/mol. The zero-order chi connectivity index (χ0) is 19.6. The van der Waals surface area contributed by atoms with Gasteiger partial charge >= 0.3 is 0 Å². The van der Waals surface area contributed by atoms with E-state index < -0.39 is 0 Å². The van der Waals surface area contributed by atoms with Gasteiger partial charge in [0.25, 0.3) is 0 Å². The van der Waals surface area contributed by atoms with Gasteiger partial charge in [0.2, 0.25) is 5.91 Å². The van der Waals surface area contributed by atoms with Crippen molar-refractivity contribution in [2.24, 2.45) is 11.8 Å². The third-order valence-corrected chi connectivity index (χ3v) is 6.11. The van der Waals surface area contributed by atoms with Crippen LogP contribution in [-0.2, 0) is 11.2 Å². The number of benzene rings is 1. The lowest BCUT2D eigenvalue weighted by Crippen LogP contribution is -2.33.